The summed E-state index contributed by atoms with van der Waals surface area (Å²) < 4.78 is 6.28. The maximum absolute atomic E-state index is 9.34. The molecular formula is C36H27NO. The fourth-order valence-corrected chi connectivity index (χ4v) is 5.72. The third-order valence-corrected chi connectivity index (χ3v) is 7.30. The van der Waals surface area contributed by atoms with E-state index in [2.05, 4.69) is 92.1 Å². The van der Waals surface area contributed by atoms with Gasteiger partial charge in [-0.05, 0) is 93.4 Å². The molecule has 0 bridgehead atoms. The molecule has 0 fully saturated rings. The molecular weight excluding hydrogens is 462 g/mol. The molecule has 38 heavy (non-hydrogen) atoms. The summed E-state index contributed by atoms with van der Waals surface area (Å²) in [5, 5.41) is 13.9. The van der Waals surface area contributed by atoms with Gasteiger partial charge in [-0.3, -0.25) is 0 Å². The molecule has 1 aromatic heterocycles. The molecule has 0 saturated carbocycles. The second-order valence-corrected chi connectivity index (χ2v) is 9.56. The molecule has 1 aliphatic rings. The highest BCUT2D eigenvalue weighted by molar-refractivity contribution is 6.06. The number of furan rings is 1. The Bertz CT molecular complexity index is 1930. The molecule has 0 spiro atoms. The maximum atomic E-state index is 9.34. The van der Waals surface area contributed by atoms with Crippen molar-refractivity contribution >= 4 is 34.1 Å². The van der Waals surface area contributed by atoms with Crippen LogP contribution in [0, 0.1) is 11.3 Å². The first-order chi connectivity index (χ1) is 18.7. The normalized spacial score (nSPS) is 12.3. The summed E-state index contributed by atoms with van der Waals surface area (Å²) in [6.45, 7) is 8.23. The Morgan fingerprint density at radius 3 is 2.18 bits per heavy atom. The molecule has 5 aromatic rings. The fraction of sp³-hybridized carbons (Fsp3) is 0.0833. The lowest BCUT2D eigenvalue weighted by Crippen LogP contribution is -2.32. The third kappa shape index (κ3) is 3.90. The van der Waals surface area contributed by atoms with Gasteiger partial charge in [0.05, 0.1) is 11.6 Å². The molecule has 2 nitrogen and oxygen atoms in total. The minimum Gasteiger partial charge on any atom is -0.456 e. The molecule has 0 N–H and O–H groups in total. The van der Waals surface area contributed by atoms with E-state index in [1.165, 1.54) is 38.3 Å². The van der Waals surface area contributed by atoms with Crippen molar-refractivity contribution in [3.05, 3.63) is 131 Å². The van der Waals surface area contributed by atoms with Crippen LogP contribution in [0.5, 0.6) is 0 Å². The zero-order valence-corrected chi connectivity index (χ0v) is 21.2. The molecule has 6 rings (SSSR count). The van der Waals surface area contributed by atoms with Crippen LogP contribution in [-0.2, 0) is 12.8 Å². The van der Waals surface area contributed by atoms with E-state index < -0.39 is 0 Å². The van der Waals surface area contributed by atoms with Crippen LogP contribution in [0.3, 0.4) is 0 Å². The summed E-state index contributed by atoms with van der Waals surface area (Å²) in [4.78, 5) is 0. The highest BCUT2D eigenvalue weighted by atomic mass is 16.3. The SMILES string of the molecule is C=CCc1c(CC=C)c(-c2ccc3c(c2)oc2cc(C#N)ccc23)c2c(c1-c1ccccc1)=CCC=CC=2. The first-order valence-electron chi connectivity index (χ1n) is 12.9. The van der Waals surface area contributed by atoms with E-state index in [0.29, 0.717) is 5.56 Å². The lowest BCUT2D eigenvalue weighted by molar-refractivity contribution is 0.669. The van der Waals surface area contributed by atoms with Crippen molar-refractivity contribution in [3.63, 3.8) is 0 Å². The smallest absolute Gasteiger partial charge is 0.136 e. The predicted molar refractivity (Wildman–Crippen MR) is 159 cm³/mol. The number of allylic oxidation sites excluding steroid dienone is 4. The quantitative estimate of drug-likeness (QED) is 0.229. The Balaban J connectivity index is 1.73. The van der Waals surface area contributed by atoms with Gasteiger partial charge in [-0.25, -0.2) is 0 Å². The Morgan fingerprint density at radius 1 is 0.789 bits per heavy atom. The summed E-state index contributed by atoms with van der Waals surface area (Å²) in [5.41, 5.74) is 9.49. The summed E-state index contributed by atoms with van der Waals surface area (Å²) in [5.74, 6) is 0. The van der Waals surface area contributed by atoms with Crippen molar-refractivity contribution in [3.8, 4) is 28.3 Å². The predicted octanol–water partition coefficient (Wildman–Crippen LogP) is 7.77. The minimum atomic E-state index is 0.595. The van der Waals surface area contributed by atoms with E-state index in [9.17, 15) is 5.26 Å². The van der Waals surface area contributed by atoms with Crippen LogP contribution in [-0.4, -0.2) is 0 Å². The molecule has 0 saturated heterocycles. The van der Waals surface area contributed by atoms with Crippen molar-refractivity contribution in [2.24, 2.45) is 0 Å². The van der Waals surface area contributed by atoms with Gasteiger partial charge < -0.3 is 4.42 Å². The van der Waals surface area contributed by atoms with Crippen molar-refractivity contribution in [2.45, 2.75) is 19.3 Å². The molecule has 0 unspecified atom stereocenters. The molecule has 1 aliphatic carbocycles. The van der Waals surface area contributed by atoms with E-state index in [1.54, 1.807) is 0 Å². The molecule has 2 heteroatoms. The number of hydrogen-bond donors (Lipinski definition) is 0. The van der Waals surface area contributed by atoms with Crippen LogP contribution < -0.4 is 10.4 Å². The standard InChI is InChI=1S/C36H27NO/c1-3-11-29-30(12-4-2)36(32-16-10-6-9-15-31(32)35(29)25-13-7-5-8-14-25)26-18-20-28-27-19-17-24(23-37)21-33(27)38-34(28)22-26/h3-8,10,13-22H,1-2,9,11-12H2. The number of nitriles is 1. The minimum absolute atomic E-state index is 0.595. The van der Waals surface area contributed by atoms with Crippen LogP contribution in [0.15, 0.2) is 109 Å². The van der Waals surface area contributed by atoms with Crippen LogP contribution >= 0.6 is 0 Å². The maximum Gasteiger partial charge on any atom is 0.136 e. The van der Waals surface area contributed by atoms with Crippen molar-refractivity contribution < 1.29 is 4.42 Å². The van der Waals surface area contributed by atoms with Gasteiger partial charge >= 0.3 is 0 Å². The van der Waals surface area contributed by atoms with E-state index in [-0.39, 0.29) is 0 Å². The highest BCUT2D eigenvalue weighted by Gasteiger charge is 2.20. The first kappa shape index (κ1) is 23.5. The number of nitrogens with zero attached hydrogens (tertiary/aromatic N) is 1. The lowest BCUT2D eigenvalue weighted by Gasteiger charge is -2.21. The Morgan fingerprint density at radius 2 is 1.47 bits per heavy atom. The molecule has 4 aromatic carbocycles. The Hall–Kier alpha value is -4.87. The fourth-order valence-electron chi connectivity index (χ4n) is 5.72. The number of hydrogen-bond acceptors (Lipinski definition) is 2. The molecule has 0 amide bonds. The largest absolute Gasteiger partial charge is 0.456 e. The zero-order chi connectivity index (χ0) is 26.1. The van der Waals surface area contributed by atoms with Crippen molar-refractivity contribution in [1.82, 2.24) is 0 Å². The molecule has 1 heterocycles. The Labute approximate surface area is 222 Å². The van der Waals surface area contributed by atoms with Gasteiger partial charge in [0.2, 0.25) is 0 Å². The number of benzene rings is 4. The highest BCUT2D eigenvalue weighted by Crippen LogP contribution is 2.35. The van der Waals surface area contributed by atoms with Gasteiger partial charge in [-0.1, -0.05) is 72.9 Å². The zero-order valence-electron chi connectivity index (χ0n) is 21.2. The van der Waals surface area contributed by atoms with Gasteiger partial charge in [0, 0.05) is 10.8 Å². The van der Waals surface area contributed by atoms with Gasteiger partial charge in [0.1, 0.15) is 11.2 Å². The van der Waals surface area contributed by atoms with Crippen LogP contribution in [0.25, 0.3) is 56.3 Å². The molecule has 182 valence electrons. The molecule has 0 aliphatic heterocycles. The third-order valence-electron chi connectivity index (χ3n) is 7.30. The number of rotatable bonds is 6. The summed E-state index contributed by atoms with van der Waals surface area (Å²) in [6, 6.07) is 25.0. The monoisotopic (exact) mass is 489 g/mol. The van der Waals surface area contributed by atoms with Gasteiger partial charge in [-0.15, -0.1) is 13.2 Å². The van der Waals surface area contributed by atoms with Crippen LogP contribution in [0.4, 0.5) is 0 Å². The molecule has 0 atom stereocenters. The summed E-state index contributed by atoms with van der Waals surface area (Å²) in [7, 11) is 0. The van der Waals surface area contributed by atoms with Gasteiger partial charge in [-0.2, -0.15) is 5.26 Å². The average molecular weight is 490 g/mol. The second-order valence-electron chi connectivity index (χ2n) is 9.56. The first-order valence-corrected chi connectivity index (χ1v) is 12.9. The van der Waals surface area contributed by atoms with Crippen LogP contribution in [0.1, 0.15) is 23.1 Å². The summed E-state index contributed by atoms with van der Waals surface area (Å²) >= 11 is 0. The van der Waals surface area contributed by atoms with Crippen molar-refractivity contribution in [2.75, 3.05) is 0 Å². The number of fused-ring (bicyclic) bond motifs is 4. The topological polar surface area (TPSA) is 36.9 Å². The van der Waals surface area contributed by atoms with Gasteiger partial charge in [0.25, 0.3) is 0 Å². The van der Waals surface area contributed by atoms with E-state index in [4.69, 9.17) is 4.42 Å². The van der Waals surface area contributed by atoms with Gasteiger partial charge in [0.15, 0.2) is 0 Å². The molecule has 0 radical (unpaired) electrons. The lowest BCUT2D eigenvalue weighted by atomic mass is 9.83. The average Bonchev–Trinajstić information content (AvgIpc) is 3.14. The van der Waals surface area contributed by atoms with E-state index >= 15 is 0 Å². The second kappa shape index (κ2) is 9.88. The van der Waals surface area contributed by atoms with E-state index in [0.717, 1.165) is 46.8 Å². The van der Waals surface area contributed by atoms with E-state index in [1.807, 2.05) is 30.4 Å². The Kier molecular flexibility index (Phi) is 6.12. The van der Waals surface area contributed by atoms with Crippen LogP contribution in [0.2, 0.25) is 0 Å². The van der Waals surface area contributed by atoms with Crippen molar-refractivity contribution in [1.29, 1.82) is 5.26 Å². The summed E-state index contributed by atoms with van der Waals surface area (Å²) in [6.07, 6.45) is 15.3.